The number of carbonyl (C=O) groups is 5. The van der Waals surface area contributed by atoms with Gasteiger partial charge in [0, 0.05) is 41.7 Å². The first-order valence-corrected chi connectivity index (χ1v) is 12.8. The van der Waals surface area contributed by atoms with Gasteiger partial charge in [-0.1, -0.05) is 17.7 Å². The van der Waals surface area contributed by atoms with Gasteiger partial charge >= 0.3 is 5.97 Å². The lowest BCUT2D eigenvalue weighted by atomic mass is 9.59. The van der Waals surface area contributed by atoms with Crippen LogP contribution in [0, 0.1) is 17.8 Å². The number of imide groups is 1. The number of Topliss-reactive ketones (excluding diaryl/α,β-unsaturated/α-hetero) is 1. The van der Waals surface area contributed by atoms with Crippen LogP contribution in [0.4, 0.5) is 0 Å². The summed E-state index contributed by atoms with van der Waals surface area (Å²) in [5.74, 6) is -5.04. The Morgan fingerprint density at radius 2 is 1.92 bits per heavy atom. The van der Waals surface area contributed by atoms with Crippen LogP contribution in [0.5, 0.6) is 11.5 Å². The summed E-state index contributed by atoms with van der Waals surface area (Å²) in [6.07, 6.45) is 3.42. The minimum Gasteiger partial charge on any atom is -0.507 e. The van der Waals surface area contributed by atoms with E-state index in [0.717, 1.165) is 4.90 Å². The Labute approximate surface area is 220 Å². The summed E-state index contributed by atoms with van der Waals surface area (Å²) in [4.78, 5) is 65.3. The Morgan fingerprint density at radius 3 is 2.62 bits per heavy atom. The second-order valence-corrected chi connectivity index (χ2v) is 10.5. The maximum atomic E-state index is 13.6. The number of hydrogen-bond donors (Lipinski definition) is 2. The van der Waals surface area contributed by atoms with Crippen molar-refractivity contribution < 1.29 is 38.9 Å². The number of likely N-dealkylation sites (tertiary alicyclic amines) is 1. The van der Waals surface area contributed by atoms with Crippen LogP contribution < -0.4 is 4.74 Å². The van der Waals surface area contributed by atoms with Gasteiger partial charge < -0.3 is 14.9 Å². The molecule has 0 spiro atoms. The minimum atomic E-state index is -1.01. The monoisotopic (exact) mass is 569 g/mol. The van der Waals surface area contributed by atoms with E-state index in [1.165, 1.54) is 19.3 Å². The zero-order chi connectivity index (χ0) is 26.6. The van der Waals surface area contributed by atoms with Crippen molar-refractivity contribution in [3.05, 3.63) is 57.1 Å². The number of halogens is 1. The number of carbonyl (C=O) groups excluding carboxylic acids is 4. The smallest absolute Gasteiger partial charge is 0.303 e. The Kier molecular flexibility index (Phi) is 6.39. The summed E-state index contributed by atoms with van der Waals surface area (Å²) in [5.41, 5.74) is 1.52. The topological polar surface area (TPSA) is 138 Å². The van der Waals surface area contributed by atoms with Crippen LogP contribution >= 0.6 is 15.9 Å². The number of aliphatic carboxylic acids is 1. The van der Waals surface area contributed by atoms with Crippen molar-refractivity contribution in [1.82, 2.24) is 4.90 Å². The maximum Gasteiger partial charge on any atom is 0.303 e. The second kappa shape index (κ2) is 9.41. The number of rotatable bonds is 6. The number of benzene rings is 1. The van der Waals surface area contributed by atoms with Crippen LogP contribution in [0.2, 0.25) is 0 Å². The Bertz CT molecular complexity index is 1360. The number of methoxy groups -OCH3 is 1. The van der Waals surface area contributed by atoms with Crippen molar-refractivity contribution in [3.8, 4) is 11.5 Å². The molecule has 0 unspecified atom stereocenters. The molecule has 0 bridgehead atoms. The molecule has 2 N–H and O–H groups in total. The Balaban J connectivity index is 1.62. The molecule has 0 aromatic heterocycles. The van der Waals surface area contributed by atoms with Crippen molar-refractivity contribution in [1.29, 1.82) is 0 Å². The molecular formula is C27H24BrNO8. The fourth-order valence-corrected chi connectivity index (χ4v) is 6.66. The molecule has 0 radical (unpaired) electrons. The lowest BCUT2D eigenvalue weighted by molar-refractivity contribution is -0.142. The zero-order valence-electron chi connectivity index (χ0n) is 19.9. The van der Waals surface area contributed by atoms with Crippen molar-refractivity contribution in [2.75, 3.05) is 13.7 Å². The Morgan fingerprint density at radius 1 is 1.16 bits per heavy atom. The van der Waals surface area contributed by atoms with Crippen LogP contribution in [0.1, 0.15) is 37.2 Å². The van der Waals surface area contributed by atoms with Crippen LogP contribution in [-0.2, 0) is 24.0 Å². The maximum absolute atomic E-state index is 13.6. The predicted molar refractivity (Wildman–Crippen MR) is 133 cm³/mol. The van der Waals surface area contributed by atoms with Crippen molar-refractivity contribution in [2.45, 2.75) is 31.6 Å². The van der Waals surface area contributed by atoms with Gasteiger partial charge in [0.25, 0.3) is 0 Å². The average molecular weight is 570 g/mol. The highest BCUT2D eigenvalue weighted by Crippen LogP contribution is 2.57. The fraction of sp³-hybridized carbons (Fsp3) is 0.370. The molecule has 1 saturated heterocycles. The molecule has 0 saturated carbocycles. The highest BCUT2D eigenvalue weighted by atomic mass is 79.9. The van der Waals surface area contributed by atoms with E-state index < -0.39 is 35.5 Å². The van der Waals surface area contributed by atoms with E-state index in [4.69, 9.17) is 9.84 Å². The van der Waals surface area contributed by atoms with Gasteiger partial charge in [0.15, 0.2) is 11.6 Å². The molecule has 4 aliphatic rings. The van der Waals surface area contributed by atoms with Crippen LogP contribution in [0.15, 0.2) is 51.6 Å². The van der Waals surface area contributed by atoms with E-state index in [2.05, 4.69) is 15.9 Å². The number of phenolic OH excluding ortho intramolecular Hbond substituents is 1. The number of ether oxygens (including phenoxy) is 1. The summed E-state index contributed by atoms with van der Waals surface area (Å²) in [5, 5.41) is 19.9. The van der Waals surface area contributed by atoms with Gasteiger partial charge in [-0.05, 0) is 53.2 Å². The standard InChI is InChI=1S/C27H24BrNO8/c1-37-19-5-2-4-17(30)24(19)23-12-7-8-13-21(27(36)29(26(13)35)9-3-6-20(32)33)14(12)10-15-22(23)18(31)11-16(28)25(15)34/h2,4-5,7,11,13-14,21,23,30H,3,6,8-10H2,1H3,(H,32,33)/t13-,14+,21-,23-/m0/s1. The molecule has 192 valence electrons. The number of aromatic hydroxyl groups is 1. The van der Waals surface area contributed by atoms with Gasteiger partial charge in [0.1, 0.15) is 11.5 Å². The summed E-state index contributed by atoms with van der Waals surface area (Å²) >= 11 is 3.18. The summed E-state index contributed by atoms with van der Waals surface area (Å²) < 4.78 is 5.63. The van der Waals surface area contributed by atoms with Crippen molar-refractivity contribution >= 4 is 45.3 Å². The molecule has 10 heteroatoms. The molecule has 1 heterocycles. The molecular weight excluding hydrogens is 546 g/mol. The summed E-state index contributed by atoms with van der Waals surface area (Å²) in [6, 6.07) is 4.74. The first kappa shape index (κ1) is 25.1. The molecule has 4 atom stereocenters. The number of carboxylic acids is 1. The zero-order valence-corrected chi connectivity index (χ0v) is 21.5. The molecule has 37 heavy (non-hydrogen) atoms. The quantitative estimate of drug-likeness (QED) is 0.303. The second-order valence-electron chi connectivity index (χ2n) is 9.61. The number of fused-ring (bicyclic) bond motifs is 3. The first-order valence-electron chi connectivity index (χ1n) is 12.0. The van der Waals surface area contributed by atoms with Crippen molar-refractivity contribution in [3.63, 3.8) is 0 Å². The molecule has 5 rings (SSSR count). The average Bonchev–Trinajstić information content (AvgIpc) is 3.11. The predicted octanol–water partition coefficient (Wildman–Crippen LogP) is 3.03. The number of hydrogen-bond acceptors (Lipinski definition) is 7. The summed E-state index contributed by atoms with van der Waals surface area (Å²) in [6.45, 7) is 0.00932. The third-order valence-electron chi connectivity index (χ3n) is 7.75. The normalized spacial score (nSPS) is 26.9. The highest BCUT2D eigenvalue weighted by Gasteiger charge is 2.56. The SMILES string of the molecule is COc1cccc(O)c1[C@H]1C2=CC[C@@H]3C(=O)N(CCCC(=O)O)C(=O)[C@@H]3[C@@H]2CC2=C1C(=O)C=C(Br)C2=O. The van der Waals surface area contributed by atoms with Crippen molar-refractivity contribution in [2.24, 2.45) is 17.8 Å². The fourth-order valence-electron chi connectivity index (χ4n) is 6.21. The first-order chi connectivity index (χ1) is 17.6. The number of amides is 2. The Hall–Kier alpha value is -3.53. The summed E-state index contributed by atoms with van der Waals surface area (Å²) in [7, 11) is 1.44. The third kappa shape index (κ3) is 3.94. The lowest BCUT2D eigenvalue weighted by Crippen LogP contribution is -2.39. The van der Waals surface area contributed by atoms with Gasteiger partial charge in [-0.25, -0.2) is 0 Å². The van der Waals surface area contributed by atoms with Crippen LogP contribution in [-0.4, -0.2) is 58.1 Å². The number of allylic oxidation sites excluding steroid dienone is 6. The number of carboxylic acid groups (broad SMARTS) is 1. The molecule has 1 aromatic carbocycles. The highest BCUT2D eigenvalue weighted by molar-refractivity contribution is 9.12. The van der Waals surface area contributed by atoms with E-state index in [1.54, 1.807) is 12.1 Å². The van der Waals surface area contributed by atoms with Gasteiger partial charge in [-0.15, -0.1) is 0 Å². The van der Waals surface area contributed by atoms with E-state index in [9.17, 15) is 29.1 Å². The molecule has 9 nitrogen and oxygen atoms in total. The van der Waals surface area contributed by atoms with Gasteiger partial charge in [-0.3, -0.25) is 28.9 Å². The van der Waals surface area contributed by atoms with E-state index in [1.807, 2.05) is 6.08 Å². The molecule has 1 fully saturated rings. The third-order valence-corrected chi connectivity index (χ3v) is 8.34. The van der Waals surface area contributed by atoms with E-state index in [0.29, 0.717) is 16.9 Å². The lowest BCUT2D eigenvalue weighted by Gasteiger charge is -2.42. The number of ketones is 2. The van der Waals surface area contributed by atoms with Gasteiger partial charge in [0.05, 0.1) is 23.4 Å². The molecule has 1 aromatic rings. The van der Waals surface area contributed by atoms with E-state index >= 15 is 0 Å². The number of phenols is 1. The van der Waals surface area contributed by atoms with Gasteiger partial charge in [0.2, 0.25) is 11.8 Å². The van der Waals surface area contributed by atoms with Crippen LogP contribution in [0.25, 0.3) is 0 Å². The van der Waals surface area contributed by atoms with E-state index in [-0.39, 0.29) is 71.1 Å². The molecule has 1 aliphatic heterocycles. The molecule has 2 amide bonds. The molecule has 3 aliphatic carbocycles. The van der Waals surface area contributed by atoms with Gasteiger partial charge in [-0.2, -0.15) is 0 Å². The largest absolute Gasteiger partial charge is 0.507 e. The number of nitrogens with zero attached hydrogens (tertiary/aromatic N) is 1. The minimum absolute atomic E-state index is 0.00932. The van der Waals surface area contributed by atoms with Crippen LogP contribution in [0.3, 0.4) is 0 Å².